The Bertz CT molecular complexity index is 949. The van der Waals surface area contributed by atoms with Gasteiger partial charge in [-0.1, -0.05) is 12.1 Å². The minimum absolute atomic E-state index is 0.0150. The molecule has 0 radical (unpaired) electrons. The Morgan fingerprint density at radius 2 is 1.93 bits per heavy atom. The number of carboxylic acid groups (broad SMARTS) is 1. The number of carbonyl (C=O) groups excluding carboxylic acids is 2. The van der Waals surface area contributed by atoms with Gasteiger partial charge in [0.1, 0.15) is 11.9 Å². The summed E-state index contributed by atoms with van der Waals surface area (Å²) in [5, 5.41) is 40.5. The first-order valence-corrected chi connectivity index (χ1v) is 9.24. The average molecular weight is 404 g/mol. The quantitative estimate of drug-likeness (QED) is 0.554. The number of aliphatic carboxylic acids is 1. The highest BCUT2D eigenvalue weighted by Gasteiger charge is 2.60. The van der Waals surface area contributed by atoms with Gasteiger partial charge in [0, 0.05) is 24.0 Å². The van der Waals surface area contributed by atoms with E-state index in [2.05, 4.69) is 0 Å². The summed E-state index contributed by atoms with van der Waals surface area (Å²) >= 11 is 0. The van der Waals surface area contributed by atoms with Crippen LogP contribution < -0.4 is 0 Å². The van der Waals surface area contributed by atoms with Crippen LogP contribution in [0.4, 0.5) is 0 Å². The van der Waals surface area contributed by atoms with Crippen LogP contribution in [-0.2, 0) is 14.3 Å². The van der Waals surface area contributed by atoms with Crippen molar-refractivity contribution in [3.8, 4) is 5.75 Å². The lowest BCUT2D eigenvalue weighted by molar-refractivity contribution is -0.333. The molecule has 2 aliphatic heterocycles. The van der Waals surface area contributed by atoms with Crippen molar-refractivity contribution in [1.82, 2.24) is 0 Å². The van der Waals surface area contributed by atoms with Crippen molar-refractivity contribution in [1.29, 1.82) is 0 Å². The highest BCUT2D eigenvalue weighted by atomic mass is 16.7. The van der Waals surface area contributed by atoms with Crippen molar-refractivity contribution < 1.29 is 44.3 Å². The molecular weight excluding hydrogens is 384 g/mol. The van der Waals surface area contributed by atoms with Gasteiger partial charge >= 0.3 is 5.97 Å². The molecular formula is C20H20O9. The summed E-state index contributed by atoms with van der Waals surface area (Å²) in [6.07, 6.45) is -5.39. The Kier molecular flexibility index (Phi) is 4.58. The Morgan fingerprint density at radius 1 is 1.21 bits per heavy atom. The van der Waals surface area contributed by atoms with Gasteiger partial charge in [0.05, 0.1) is 35.9 Å². The van der Waals surface area contributed by atoms with Crippen LogP contribution in [0, 0.1) is 0 Å². The topological polar surface area (TPSA) is 151 Å². The second-order valence-corrected chi connectivity index (χ2v) is 7.60. The summed E-state index contributed by atoms with van der Waals surface area (Å²) < 4.78 is 11.6. The third kappa shape index (κ3) is 2.89. The number of hydrogen-bond donors (Lipinski definition) is 4. The number of carboxylic acids is 1. The van der Waals surface area contributed by atoms with Crippen LogP contribution in [0.15, 0.2) is 29.3 Å². The molecule has 154 valence electrons. The normalized spacial score (nSPS) is 34.2. The molecule has 5 atom stereocenters. The number of fused-ring (bicyclic) bond motifs is 2. The van der Waals surface area contributed by atoms with E-state index in [0.29, 0.717) is 0 Å². The zero-order valence-electron chi connectivity index (χ0n) is 15.5. The molecule has 0 bridgehead atoms. The zero-order chi connectivity index (χ0) is 21.1. The number of benzene rings is 1. The highest BCUT2D eigenvalue weighted by Crippen LogP contribution is 2.48. The van der Waals surface area contributed by atoms with Crippen LogP contribution in [0.5, 0.6) is 5.75 Å². The van der Waals surface area contributed by atoms with E-state index in [9.17, 15) is 34.8 Å². The van der Waals surface area contributed by atoms with E-state index in [1.807, 2.05) is 0 Å². The number of rotatable bonds is 2. The lowest BCUT2D eigenvalue weighted by Gasteiger charge is -2.51. The standard InChI is InChI=1S/C20H20O9/c1-8-5-13(22)19(27)20(28-8)16-11(6-9(29-20)7-14(23)24)17(25)10-3-2-4-12(21)15(10)18(16)26/h2-4,8-9,13,19,21-22,27H,5-7H2,1H3,(H,23,24). The number of ketones is 2. The van der Waals surface area contributed by atoms with Gasteiger partial charge < -0.3 is 29.9 Å². The van der Waals surface area contributed by atoms with Crippen molar-refractivity contribution in [2.45, 2.75) is 56.4 Å². The molecule has 9 heteroatoms. The van der Waals surface area contributed by atoms with Gasteiger partial charge in [0.25, 0.3) is 0 Å². The molecule has 29 heavy (non-hydrogen) atoms. The Morgan fingerprint density at radius 3 is 2.62 bits per heavy atom. The molecule has 1 saturated heterocycles. The van der Waals surface area contributed by atoms with Crippen LogP contribution in [0.25, 0.3) is 0 Å². The molecule has 1 spiro atoms. The SMILES string of the molecule is CC1CC(O)C(O)C2(O1)OC(CC(=O)O)CC1=C2C(=O)c2c(O)cccc2C1=O. The van der Waals surface area contributed by atoms with E-state index in [1.54, 1.807) is 6.92 Å². The molecule has 9 nitrogen and oxygen atoms in total. The maximum Gasteiger partial charge on any atom is 0.305 e. The smallest absolute Gasteiger partial charge is 0.305 e. The molecule has 1 fully saturated rings. The second kappa shape index (κ2) is 6.74. The number of aromatic hydroxyl groups is 1. The minimum atomic E-state index is -2.21. The van der Waals surface area contributed by atoms with Gasteiger partial charge in [-0.2, -0.15) is 0 Å². The maximum atomic E-state index is 13.3. The van der Waals surface area contributed by atoms with Gasteiger partial charge in [-0.3, -0.25) is 14.4 Å². The molecule has 0 amide bonds. The summed E-state index contributed by atoms with van der Waals surface area (Å²) in [5.41, 5.74) is -0.583. The minimum Gasteiger partial charge on any atom is -0.507 e. The Labute approximate surface area is 165 Å². The van der Waals surface area contributed by atoms with E-state index >= 15 is 0 Å². The van der Waals surface area contributed by atoms with Gasteiger partial charge in [-0.25, -0.2) is 0 Å². The fourth-order valence-corrected chi connectivity index (χ4v) is 4.40. The Balaban J connectivity index is 1.94. The fraction of sp³-hybridized carbons (Fsp3) is 0.450. The molecule has 3 aliphatic rings. The van der Waals surface area contributed by atoms with Crippen LogP contribution in [-0.4, -0.2) is 68.2 Å². The van der Waals surface area contributed by atoms with Crippen molar-refractivity contribution in [2.75, 3.05) is 0 Å². The lowest BCUT2D eigenvalue weighted by Crippen LogP contribution is -2.64. The average Bonchev–Trinajstić information content (AvgIpc) is 2.63. The molecule has 4 rings (SSSR count). The first-order valence-electron chi connectivity index (χ1n) is 9.24. The molecule has 1 aromatic rings. The molecule has 2 heterocycles. The molecule has 0 saturated carbocycles. The molecule has 5 unspecified atom stereocenters. The van der Waals surface area contributed by atoms with Crippen molar-refractivity contribution in [2.24, 2.45) is 0 Å². The van der Waals surface area contributed by atoms with Crippen molar-refractivity contribution in [3.05, 3.63) is 40.5 Å². The number of carbonyl (C=O) groups is 3. The van der Waals surface area contributed by atoms with Crippen LogP contribution in [0.3, 0.4) is 0 Å². The van der Waals surface area contributed by atoms with E-state index in [1.165, 1.54) is 18.2 Å². The third-order valence-corrected chi connectivity index (χ3v) is 5.54. The monoisotopic (exact) mass is 404 g/mol. The molecule has 0 aromatic heterocycles. The number of aliphatic hydroxyl groups is 2. The first-order chi connectivity index (χ1) is 13.7. The van der Waals surface area contributed by atoms with Gasteiger partial charge in [-0.15, -0.1) is 0 Å². The summed E-state index contributed by atoms with van der Waals surface area (Å²) in [4.78, 5) is 37.8. The van der Waals surface area contributed by atoms with Crippen LogP contribution in [0.1, 0.15) is 46.9 Å². The zero-order valence-corrected chi connectivity index (χ0v) is 15.5. The number of Topliss-reactive ketones (excluding diaryl/α,β-unsaturated/α-hetero) is 2. The van der Waals surface area contributed by atoms with Crippen LogP contribution in [0.2, 0.25) is 0 Å². The summed E-state index contributed by atoms with van der Waals surface area (Å²) in [6, 6.07) is 4.07. The second-order valence-electron chi connectivity index (χ2n) is 7.60. The van der Waals surface area contributed by atoms with E-state index in [0.717, 1.165) is 0 Å². The number of aliphatic hydroxyl groups excluding tert-OH is 2. The predicted octanol–water partition coefficient (Wildman–Crippen LogP) is 0.558. The summed E-state index contributed by atoms with van der Waals surface area (Å²) in [5.74, 6) is -5.15. The number of ether oxygens (including phenoxy) is 2. The van der Waals surface area contributed by atoms with Crippen molar-refractivity contribution in [3.63, 3.8) is 0 Å². The van der Waals surface area contributed by atoms with E-state index < -0.39 is 59.9 Å². The van der Waals surface area contributed by atoms with Gasteiger partial charge in [-0.05, 0) is 13.0 Å². The van der Waals surface area contributed by atoms with Gasteiger partial charge in [0.2, 0.25) is 5.79 Å². The third-order valence-electron chi connectivity index (χ3n) is 5.54. The molecule has 1 aromatic carbocycles. The number of phenolic OH excluding ortho intramolecular Hbond substituents is 1. The largest absolute Gasteiger partial charge is 0.507 e. The number of phenols is 1. The Hall–Kier alpha value is -2.59. The maximum absolute atomic E-state index is 13.3. The van der Waals surface area contributed by atoms with Crippen molar-refractivity contribution >= 4 is 17.5 Å². The van der Waals surface area contributed by atoms with Gasteiger partial charge in [0.15, 0.2) is 11.6 Å². The molecule has 4 N–H and O–H groups in total. The van der Waals surface area contributed by atoms with E-state index in [4.69, 9.17) is 9.47 Å². The highest BCUT2D eigenvalue weighted by molar-refractivity contribution is 6.28. The summed E-state index contributed by atoms with van der Waals surface area (Å²) in [7, 11) is 0. The number of hydrogen-bond acceptors (Lipinski definition) is 8. The first kappa shape index (κ1) is 19.7. The van der Waals surface area contributed by atoms with E-state index in [-0.39, 0.29) is 35.1 Å². The summed E-state index contributed by atoms with van der Waals surface area (Å²) in [6.45, 7) is 1.60. The predicted molar refractivity (Wildman–Crippen MR) is 95.4 cm³/mol. The molecule has 1 aliphatic carbocycles. The fourth-order valence-electron chi connectivity index (χ4n) is 4.40. The lowest BCUT2D eigenvalue weighted by atomic mass is 9.73. The van der Waals surface area contributed by atoms with Crippen LogP contribution >= 0.6 is 0 Å².